The fourth-order valence-electron chi connectivity index (χ4n) is 2.85. The summed E-state index contributed by atoms with van der Waals surface area (Å²) in [5, 5.41) is 0. The van der Waals surface area contributed by atoms with Gasteiger partial charge in [-0.15, -0.1) is 0 Å². The summed E-state index contributed by atoms with van der Waals surface area (Å²) in [5.41, 5.74) is 7.30. The van der Waals surface area contributed by atoms with Crippen LogP contribution in [0.15, 0.2) is 36.5 Å². The number of carbonyl (C=O) groups excluding carboxylic acids is 1. The molecule has 1 aliphatic heterocycles. The summed E-state index contributed by atoms with van der Waals surface area (Å²) in [4.78, 5) is 18.3. The lowest BCUT2D eigenvalue weighted by molar-refractivity contribution is 0.0582. The lowest BCUT2D eigenvalue weighted by Gasteiger charge is -2.32. The molecule has 1 fully saturated rings. The molecule has 3 rings (SSSR count). The number of hydrogen-bond donors (Lipinski definition) is 1. The first-order valence-electron chi connectivity index (χ1n) is 7.97. The van der Waals surface area contributed by atoms with Crippen molar-refractivity contribution in [3.05, 3.63) is 53.5 Å². The topological polar surface area (TPSA) is 68.5 Å². The largest absolute Gasteiger partial charge is 0.474 e. The van der Waals surface area contributed by atoms with Gasteiger partial charge in [0.15, 0.2) is 0 Å². The number of nitrogen functional groups attached to an aromatic ring is 1. The molecular formula is C18H20FN3O2. The van der Waals surface area contributed by atoms with Crippen LogP contribution in [0.3, 0.4) is 0 Å². The van der Waals surface area contributed by atoms with Crippen molar-refractivity contribution in [2.45, 2.75) is 25.9 Å². The minimum atomic E-state index is -0.484. The smallest absolute Gasteiger partial charge is 0.256 e. The van der Waals surface area contributed by atoms with Gasteiger partial charge in [0.05, 0.1) is 17.4 Å². The Labute approximate surface area is 140 Å². The van der Waals surface area contributed by atoms with Crippen LogP contribution < -0.4 is 10.5 Å². The molecule has 0 unspecified atom stereocenters. The third-order valence-corrected chi connectivity index (χ3v) is 4.16. The predicted octanol–water partition coefficient (Wildman–Crippen LogP) is 2.79. The molecule has 2 heterocycles. The Bertz CT molecular complexity index is 743. The number of piperidine rings is 1. The van der Waals surface area contributed by atoms with Crippen LogP contribution in [0.25, 0.3) is 0 Å². The van der Waals surface area contributed by atoms with Gasteiger partial charge in [0.25, 0.3) is 5.91 Å². The summed E-state index contributed by atoms with van der Waals surface area (Å²) < 4.78 is 19.7. The van der Waals surface area contributed by atoms with E-state index in [1.807, 2.05) is 13.0 Å². The number of pyridine rings is 1. The number of nitrogens with zero attached hydrogens (tertiary/aromatic N) is 2. The molecule has 2 aromatic rings. The highest BCUT2D eigenvalue weighted by Gasteiger charge is 2.26. The first-order chi connectivity index (χ1) is 11.5. The van der Waals surface area contributed by atoms with Crippen LogP contribution in [0.1, 0.15) is 28.8 Å². The highest BCUT2D eigenvalue weighted by atomic mass is 19.1. The standard InChI is InChI=1S/C18H20FN3O2/c1-12-10-13(20)11-21-17(12)24-14-6-8-22(9-7-14)18(23)15-4-2-3-5-16(15)19/h2-5,10-11,14H,6-9,20H2,1H3. The lowest BCUT2D eigenvalue weighted by Crippen LogP contribution is -2.42. The number of rotatable bonds is 3. The molecule has 1 amide bonds. The van der Waals surface area contributed by atoms with Gasteiger partial charge in [0.2, 0.25) is 5.88 Å². The molecular weight excluding hydrogens is 309 g/mol. The Morgan fingerprint density at radius 3 is 2.71 bits per heavy atom. The summed E-state index contributed by atoms with van der Waals surface area (Å²) >= 11 is 0. The van der Waals surface area contributed by atoms with Crippen molar-refractivity contribution in [2.24, 2.45) is 0 Å². The van der Waals surface area contributed by atoms with Gasteiger partial charge in [-0.2, -0.15) is 0 Å². The molecule has 0 spiro atoms. The van der Waals surface area contributed by atoms with E-state index in [9.17, 15) is 9.18 Å². The molecule has 1 aromatic carbocycles. The average molecular weight is 329 g/mol. The molecule has 126 valence electrons. The Morgan fingerprint density at radius 1 is 1.33 bits per heavy atom. The van der Waals surface area contributed by atoms with E-state index in [1.54, 1.807) is 23.2 Å². The normalized spacial score (nSPS) is 15.3. The summed E-state index contributed by atoms with van der Waals surface area (Å²) in [5.74, 6) is -0.181. The second kappa shape index (κ2) is 6.86. The van der Waals surface area contributed by atoms with Gasteiger partial charge in [0.1, 0.15) is 11.9 Å². The molecule has 5 nitrogen and oxygen atoms in total. The van der Waals surface area contributed by atoms with Gasteiger partial charge in [-0.3, -0.25) is 4.79 Å². The summed E-state index contributed by atoms with van der Waals surface area (Å²) in [6.45, 7) is 2.97. The van der Waals surface area contributed by atoms with Crippen LogP contribution in [0.4, 0.5) is 10.1 Å². The number of anilines is 1. The van der Waals surface area contributed by atoms with E-state index in [2.05, 4.69) is 4.98 Å². The van der Waals surface area contributed by atoms with Crippen LogP contribution in [-0.4, -0.2) is 35.0 Å². The second-order valence-electron chi connectivity index (χ2n) is 5.98. The number of amides is 1. The highest BCUT2D eigenvalue weighted by Crippen LogP contribution is 2.23. The Hall–Kier alpha value is -2.63. The van der Waals surface area contributed by atoms with E-state index < -0.39 is 5.82 Å². The fourth-order valence-corrected chi connectivity index (χ4v) is 2.85. The van der Waals surface area contributed by atoms with Gasteiger partial charge < -0.3 is 15.4 Å². The monoisotopic (exact) mass is 329 g/mol. The van der Waals surface area contributed by atoms with Crippen molar-refractivity contribution in [1.29, 1.82) is 0 Å². The molecule has 0 saturated carbocycles. The van der Waals surface area contributed by atoms with Crippen molar-refractivity contribution in [3.63, 3.8) is 0 Å². The van der Waals surface area contributed by atoms with Crippen molar-refractivity contribution in [3.8, 4) is 5.88 Å². The summed E-state index contributed by atoms with van der Waals surface area (Å²) in [7, 11) is 0. The van der Waals surface area contributed by atoms with E-state index in [-0.39, 0.29) is 17.6 Å². The van der Waals surface area contributed by atoms with E-state index in [4.69, 9.17) is 10.5 Å². The molecule has 1 aromatic heterocycles. The summed E-state index contributed by atoms with van der Waals surface area (Å²) in [6.07, 6.45) is 2.93. The highest BCUT2D eigenvalue weighted by molar-refractivity contribution is 5.94. The maximum Gasteiger partial charge on any atom is 0.256 e. The minimum Gasteiger partial charge on any atom is -0.474 e. The van der Waals surface area contributed by atoms with Gasteiger partial charge >= 0.3 is 0 Å². The number of carbonyl (C=O) groups is 1. The molecule has 24 heavy (non-hydrogen) atoms. The van der Waals surface area contributed by atoms with E-state index in [0.29, 0.717) is 37.5 Å². The fraction of sp³-hybridized carbons (Fsp3) is 0.333. The number of nitrogens with two attached hydrogens (primary N) is 1. The van der Waals surface area contributed by atoms with Crippen molar-refractivity contribution >= 4 is 11.6 Å². The van der Waals surface area contributed by atoms with E-state index >= 15 is 0 Å². The zero-order valence-corrected chi connectivity index (χ0v) is 13.5. The maximum absolute atomic E-state index is 13.7. The van der Waals surface area contributed by atoms with Gasteiger partial charge in [-0.25, -0.2) is 9.37 Å². The SMILES string of the molecule is Cc1cc(N)cnc1OC1CCN(C(=O)c2ccccc2F)CC1. The molecule has 0 bridgehead atoms. The van der Waals surface area contributed by atoms with Crippen molar-refractivity contribution in [1.82, 2.24) is 9.88 Å². The predicted molar refractivity (Wildman–Crippen MR) is 89.3 cm³/mol. The van der Waals surface area contributed by atoms with Gasteiger partial charge in [-0.1, -0.05) is 12.1 Å². The zero-order chi connectivity index (χ0) is 17.1. The molecule has 0 aliphatic carbocycles. The Morgan fingerprint density at radius 2 is 2.04 bits per heavy atom. The number of halogens is 1. The second-order valence-corrected chi connectivity index (χ2v) is 5.98. The Balaban J connectivity index is 1.60. The number of ether oxygens (including phenoxy) is 1. The number of benzene rings is 1. The van der Waals surface area contributed by atoms with Gasteiger partial charge in [0, 0.05) is 31.5 Å². The number of likely N-dealkylation sites (tertiary alicyclic amines) is 1. The lowest BCUT2D eigenvalue weighted by atomic mass is 10.1. The van der Waals surface area contributed by atoms with Gasteiger partial charge in [-0.05, 0) is 25.1 Å². The molecule has 1 saturated heterocycles. The van der Waals surface area contributed by atoms with E-state index in [1.165, 1.54) is 12.1 Å². The van der Waals surface area contributed by atoms with Crippen LogP contribution >= 0.6 is 0 Å². The van der Waals surface area contributed by atoms with Crippen LogP contribution in [0.5, 0.6) is 5.88 Å². The maximum atomic E-state index is 13.7. The molecule has 0 atom stereocenters. The quantitative estimate of drug-likeness (QED) is 0.940. The van der Waals surface area contributed by atoms with Crippen LogP contribution in [0.2, 0.25) is 0 Å². The third-order valence-electron chi connectivity index (χ3n) is 4.16. The number of aromatic nitrogens is 1. The molecule has 6 heteroatoms. The third kappa shape index (κ3) is 3.48. The first-order valence-corrected chi connectivity index (χ1v) is 7.97. The van der Waals surface area contributed by atoms with Crippen LogP contribution in [-0.2, 0) is 0 Å². The number of hydrogen-bond acceptors (Lipinski definition) is 4. The molecule has 1 aliphatic rings. The molecule has 2 N–H and O–H groups in total. The first kappa shape index (κ1) is 16.2. The zero-order valence-electron chi connectivity index (χ0n) is 13.5. The Kier molecular flexibility index (Phi) is 4.64. The average Bonchev–Trinajstić information content (AvgIpc) is 2.58. The summed E-state index contributed by atoms with van der Waals surface area (Å²) in [6, 6.07) is 7.88. The number of aryl methyl sites for hydroxylation is 1. The van der Waals surface area contributed by atoms with E-state index in [0.717, 1.165) is 5.56 Å². The minimum absolute atomic E-state index is 0.00973. The van der Waals surface area contributed by atoms with Crippen LogP contribution in [0, 0.1) is 12.7 Å². The van der Waals surface area contributed by atoms with Crippen molar-refractivity contribution < 1.29 is 13.9 Å². The molecule has 0 radical (unpaired) electrons. The van der Waals surface area contributed by atoms with Crippen molar-refractivity contribution in [2.75, 3.05) is 18.8 Å².